The minimum Gasteiger partial charge on any atom is -0.335 e. The lowest BCUT2D eigenvalue weighted by atomic mass is 10.1. The molecule has 2 amide bonds. The lowest BCUT2D eigenvalue weighted by Crippen LogP contribution is -2.36. The monoisotopic (exact) mass is 340 g/mol. The van der Waals surface area contributed by atoms with Gasteiger partial charge < -0.3 is 10.6 Å². The third-order valence-electron chi connectivity index (χ3n) is 3.48. The fourth-order valence-corrected chi connectivity index (χ4v) is 3.17. The minimum atomic E-state index is -3.08. The van der Waals surface area contributed by atoms with Crippen molar-refractivity contribution < 1.29 is 13.2 Å². The molecule has 1 aromatic rings. The third kappa shape index (κ3) is 9.23. The Morgan fingerprint density at radius 2 is 1.96 bits per heavy atom. The average Bonchev–Trinajstić information content (AvgIpc) is 2.42. The quantitative estimate of drug-likeness (QED) is 0.673. The Hall–Kier alpha value is -1.56. The second-order valence-electron chi connectivity index (χ2n) is 6.12. The van der Waals surface area contributed by atoms with E-state index in [2.05, 4.69) is 17.6 Å². The predicted octanol–water partition coefficient (Wildman–Crippen LogP) is 3.71. The van der Waals surface area contributed by atoms with Gasteiger partial charge in [-0.25, -0.2) is 13.2 Å². The number of rotatable bonds is 9. The van der Waals surface area contributed by atoms with Crippen molar-refractivity contribution in [3.05, 3.63) is 29.8 Å². The number of anilines is 1. The van der Waals surface area contributed by atoms with E-state index in [1.165, 1.54) is 25.5 Å². The van der Waals surface area contributed by atoms with Crippen LogP contribution in [-0.4, -0.2) is 26.7 Å². The van der Waals surface area contributed by atoms with Crippen molar-refractivity contribution in [3.63, 3.8) is 0 Å². The zero-order valence-electron chi connectivity index (χ0n) is 14.3. The van der Waals surface area contributed by atoms with Crippen LogP contribution in [0.2, 0.25) is 0 Å². The molecule has 0 aliphatic heterocycles. The largest absolute Gasteiger partial charge is 0.335 e. The Kier molecular flexibility index (Phi) is 8.09. The summed E-state index contributed by atoms with van der Waals surface area (Å²) in [7, 11) is -3.08. The maximum Gasteiger partial charge on any atom is 0.319 e. The van der Waals surface area contributed by atoms with E-state index in [1.807, 2.05) is 6.92 Å². The SMILES string of the molecule is CCCCCCC(C)NC(=O)Nc1cccc(CS(C)(=O)=O)c1. The number of nitrogens with one attached hydrogen (secondary N) is 2. The molecule has 0 fully saturated rings. The molecule has 1 unspecified atom stereocenters. The normalized spacial score (nSPS) is 12.7. The van der Waals surface area contributed by atoms with Gasteiger partial charge >= 0.3 is 6.03 Å². The molecule has 0 saturated heterocycles. The van der Waals surface area contributed by atoms with Gasteiger partial charge in [0, 0.05) is 18.0 Å². The Balaban J connectivity index is 2.46. The van der Waals surface area contributed by atoms with Crippen LogP contribution in [0.5, 0.6) is 0 Å². The molecule has 6 heteroatoms. The molecule has 1 rings (SSSR count). The van der Waals surface area contributed by atoms with Gasteiger partial charge in [0.25, 0.3) is 0 Å². The summed E-state index contributed by atoms with van der Waals surface area (Å²) < 4.78 is 22.7. The van der Waals surface area contributed by atoms with Gasteiger partial charge in [0.15, 0.2) is 9.84 Å². The van der Waals surface area contributed by atoms with Crippen LogP contribution in [0.1, 0.15) is 51.5 Å². The summed E-state index contributed by atoms with van der Waals surface area (Å²) in [5.41, 5.74) is 1.26. The van der Waals surface area contributed by atoms with Crippen LogP contribution < -0.4 is 10.6 Å². The van der Waals surface area contributed by atoms with Gasteiger partial charge in [-0.05, 0) is 31.0 Å². The zero-order valence-corrected chi connectivity index (χ0v) is 15.1. The zero-order chi connectivity index (χ0) is 17.3. The van der Waals surface area contributed by atoms with Crippen LogP contribution >= 0.6 is 0 Å². The van der Waals surface area contributed by atoms with Crippen LogP contribution in [0.15, 0.2) is 24.3 Å². The number of urea groups is 1. The molecule has 0 saturated carbocycles. The summed E-state index contributed by atoms with van der Waals surface area (Å²) in [5.74, 6) is -0.0298. The lowest BCUT2D eigenvalue weighted by Gasteiger charge is -2.15. The summed E-state index contributed by atoms with van der Waals surface area (Å²) in [6.45, 7) is 4.17. The topological polar surface area (TPSA) is 75.3 Å². The van der Waals surface area contributed by atoms with Crippen molar-refractivity contribution in [2.75, 3.05) is 11.6 Å². The van der Waals surface area contributed by atoms with Gasteiger partial charge in [0.05, 0.1) is 5.75 Å². The van der Waals surface area contributed by atoms with E-state index in [0.717, 1.165) is 12.8 Å². The fourth-order valence-electron chi connectivity index (χ4n) is 2.38. The number of carbonyl (C=O) groups is 1. The van der Waals surface area contributed by atoms with Gasteiger partial charge in [-0.2, -0.15) is 0 Å². The smallest absolute Gasteiger partial charge is 0.319 e. The highest BCUT2D eigenvalue weighted by Crippen LogP contribution is 2.13. The van der Waals surface area contributed by atoms with E-state index in [4.69, 9.17) is 0 Å². The molecule has 130 valence electrons. The van der Waals surface area contributed by atoms with Crippen molar-refractivity contribution in [1.29, 1.82) is 0 Å². The minimum absolute atomic E-state index is 0.0298. The molecule has 5 nitrogen and oxygen atoms in total. The van der Waals surface area contributed by atoms with E-state index in [9.17, 15) is 13.2 Å². The van der Waals surface area contributed by atoms with Crippen molar-refractivity contribution in [1.82, 2.24) is 5.32 Å². The van der Waals surface area contributed by atoms with Gasteiger partial charge in [-0.1, -0.05) is 44.7 Å². The van der Waals surface area contributed by atoms with Gasteiger partial charge in [0.2, 0.25) is 0 Å². The molecule has 1 atom stereocenters. The summed E-state index contributed by atoms with van der Waals surface area (Å²) in [4.78, 5) is 12.0. The predicted molar refractivity (Wildman–Crippen MR) is 95.4 cm³/mol. The van der Waals surface area contributed by atoms with Crippen LogP contribution in [0.3, 0.4) is 0 Å². The number of unbranched alkanes of at least 4 members (excludes halogenated alkanes) is 3. The fraction of sp³-hybridized carbons (Fsp3) is 0.588. The molecule has 2 N–H and O–H groups in total. The van der Waals surface area contributed by atoms with Crippen molar-refractivity contribution in [2.45, 2.75) is 57.7 Å². The second-order valence-corrected chi connectivity index (χ2v) is 8.26. The maximum absolute atomic E-state index is 12.0. The van der Waals surface area contributed by atoms with Crippen molar-refractivity contribution in [2.24, 2.45) is 0 Å². The first-order valence-electron chi connectivity index (χ1n) is 8.14. The van der Waals surface area contributed by atoms with Crippen LogP contribution in [0.25, 0.3) is 0 Å². The van der Waals surface area contributed by atoms with Gasteiger partial charge in [-0.3, -0.25) is 0 Å². The Bertz CT molecular complexity index is 600. The van der Waals surface area contributed by atoms with E-state index in [1.54, 1.807) is 24.3 Å². The van der Waals surface area contributed by atoms with E-state index in [-0.39, 0.29) is 17.8 Å². The van der Waals surface area contributed by atoms with Crippen molar-refractivity contribution in [3.8, 4) is 0 Å². The lowest BCUT2D eigenvalue weighted by molar-refractivity contribution is 0.248. The number of sulfone groups is 1. The highest BCUT2D eigenvalue weighted by Gasteiger charge is 2.09. The van der Waals surface area contributed by atoms with Crippen LogP contribution in [0, 0.1) is 0 Å². The number of amides is 2. The highest BCUT2D eigenvalue weighted by atomic mass is 32.2. The number of benzene rings is 1. The second kappa shape index (κ2) is 9.55. The molecule has 1 aromatic carbocycles. The molecule has 0 aliphatic carbocycles. The Morgan fingerprint density at radius 1 is 1.22 bits per heavy atom. The molecule has 0 radical (unpaired) electrons. The first-order valence-corrected chi connectivity index (χ1v) is 10.2. The number of carbonyl (C=O) groups excluding carboxylic acids is 1. The summed E-state index contributed by atoms with van der Waals surface area (Å²) in [6, 6.07) is 6.77. The van der Waals surface area contributed by atoms with Crippen LogP contribution in [-0.2, 0) is 15.6 Å². The van der Waals surface area contributed by atoms with Gasteiger partial charge in [-0.15, -0.1) is 0 Å². The highest BCUT2D eigenvalue weighted by molar-refractivity contribution is 7.89. The maximum atomic E-state index is 12.0. The summed E-state index contributed by atoms with van der Waals surface area (Å²) >= 11 is 0. The molecule has 0 heterocycles. The van der Waals surface area contributed by atoms with E-state index in [0.29, 0.717) is 11.3 Å². The van der Waals surface area contributed by atoms with Crippen LogP contribution in [0.4, 0.5) is 10.5 Å². The standard InChI is InChI=1S/C17H28N2O3S/c1-4-5-6-7-9-14(2)18-17(20)19-16-11-8-10-15(12-16)13-23(3,21)22/h8,10-12,14H,4-7,9,13H2,1-3H3,(H2,18,19,20). The molecular weight excluding hydrogens is 312 g/mol. The average molecular weight is 340 g/mol. The number of hydrogen-bond acceptors (Lipinski definition) is 3. The molecule has 0 aromatic heterocycles. The van der Waals surface area contributed by atoms with Gasteiger partial charge in [0.1, 0.15) is 0 Å². The summed E-state index contributed by atoms with van der Waals surface area (Å²) in [6.07, 6.45) is 6.89. The first-order chi connectivity index (χ1) is 10.8. The summed E-state index contributed by atoms with van der Waals surface area (Å²) in [5, 5.41) is 5.66. The molecule has 0 aliphatic rings. The van der Waals surface area contributed by atoms with E-state index >= 15 is 0 Å². The molecular formula is C17H28N2O3S. The first kappa shape index (κ1) is 19.5. The molecule has 0 bridgehead atoms. The number of hydrogen-bond donors (Lipinski definition) is 2. The van der Waals surface area contributed by atoms with E-state index < -0.39 is 9.84 Å². The van der Waals surface area contributed by atoms with Crippen molar-refractivity contribution >= 4 is 21.6 Å². The third-order valence-corrected chi connectivity index (χ3v) is 4.34. The molecule has 0 spiro atoms. The Labute approximate surface area is 139 Å². The Morgan fingerprint density at radius 3 is 2.61 bits per heavy atom. The molecule has 23 heavy (non-hydrogen) atoms.